The number of fused-ring (bicyclic) bond motifs is 1. The molecule has 0 amide bonds. The summed E-state index contributed by atoms with van der Waals surface area (Å²) in [5.41, 5.74) is 1.81. The van der Waals surface area contributed by atoms with Crippen molar-refractivity contribution in [2.75, 3.05) is 5.75 Å². The molecule has 5 nitrogen and oxygen atoms in total. The molecule has 2 aromatic heterocycles. The molecule has 0 aliphatic heterocycles. The summed E-state index contributed by atoms with van der Waals surface area (Å²) in [5, 5.41) is 15.3. The van der Waals surface area contributed by atoms with Crippen molar-refractivity contribution in [3.63, 3.8) is 0 Å². The third-order valence-corrected chi connectivity index (χ3v) is 4.42. The van der Waals surface area contributed by atoms with E-state index in [-0.39, 0.29) is 5.56 Å². The summed E-state index contributed by atoms with van der Waals surface area (Å²) in [6.07, 6.45) is 1.55. The number of rotatable bonds is 4. The van der Waals surface area contributed by atoms with Crippen molar-refractivity contribution >= 4 is 46.6 Å². The van der Waals surface area contributed by atoms with E-state index in [4.69, 9.17) is 23.2 Å². The van der Waals surface area contributed by atoms with Crippen LogP contribution < -0.4 is 0 Å². The number of thioether (sulfide) groups is 1. The minimum absolute atomic E-state index is 0.104. The molecule has 0 fully saturated rings. The molecular weight excluding hydrogens is 357 g/mol. The van der Waals surface area contributed by atoms with E-state index in [2.05, 4.69) is 10.1 Å². The SMILES string of the molecule is CCSc1nn2c(-c3cc(Cl)cc(Cl)c3)ccnc2c1C(=O)O. The van der Waals surface area contributed by atoms with Gasteiger partial charge in [-0.05, 0) is 30.0 Å². The van der Waals surface area contributed by atoms with Crippen LogP contribution in [0.4, 0.5) is 0 Å². The monoisotopic (exact) mass is 367 g/mol. The predicted octanol–water partition coefficient (Wildman–Crippen LogP) is 4.51. The third kappa shape index (κ3) is 3.02. The number of hydrogen-bond donors (Lipinski definition) is 1. The molecule has 3 rings (SSSR count). The fourth-order valence-electron chi connectivity index (χ4n) is 2.27. The highest BCUT2D eigenvalue weighted by atomic mass is 35.5. The molecule has 0 bridgehead atoms. The maximum Gasteiger partial charge on any atom is 0.342 e. The zero-order chi connectivity index (χ0) is 16.6. The molecule has 0 spiro atoms. The molecule has 118 valence electrons. The van der Waals surface area contributed by atoms with Crippen LogP contribution in [-0.2, 0) is 0 Å². The van der Waals surface area contributed by atoms with Crippen molar-refractivity contribution in [2.24, 2.45) is 0 Å². The molecule has 0 unspecified atom stereocenters. The van der Waals surface area contributed by atoms with Crippen LogP contribution in [-0.4, -0.2) is 31.4 Å². The van der Waals surface area contributed by atoms with Crippen molar-refractivity contribution in [1.82, 2.24) is 14.6 Å². The zero-order valence-electron chi connectivity index (χ0n) is 12.0. The number of aromatic carboxylic acids is 1. The van der Waals surface area contributed by atoms with Gasteiger partial charge in [0.05, 0.1) is 5.69 Å². The number of carboxylic acid groups (broad SMARTS) is 1. The maximum atomic E-state index is 11.6. The lowest BCUT2D eigenvalue weighted by molar-refractivity contribution is 0.0695. The first-order valence-electron chi connectivity index (χ1n) is 6.71. The molecule has 23 heavy (non-hydrogen) atoms. The number of hydrogen-bond acceptors (Lipinski definition) is 4. The summed E-state index contributed by atoms with van der Waals surface area (Å²) in [4.78, 5) is 15.8. The van der Waals surface area contributed by atoms with Crippen molar-refractivity contribution in [3.05, 3.63) is 46.1 Å². The van der Waals surface area contributed by atoms with Gasteiger partial charge in [0.15, 0.2) is 5.65 Å². The summed E-state index contributed by atoms with van der Waals surface area (Å²) in [6, 6.07) is 6.87. The van der Waals surface area contributed by atoms with E-state index in [0.717, 1.165) is 5.56 Å². The Bertz CT molecular complexity index is 891. The summed E-state index contributed by atoms with van der Waals surface area (Å²) in [6.45, 7) is 1.94. The fourth-order valence-corrected chi connectivity index (χ4v) is 3.53. The quantitative estimate of drug-likeness (QED) is 0.686. The molecule has 1 N–H and O–H groups in total. The van der Waals surface area contributed by atoms with Crippen LogP contribution in [0.2, 0.25) is 10.0 Å². The lowest BCUT2D eigenvalue weighted by Crippen LogP contribution is -2.00. The van der Waals surface area contributed by atoms with Crippen molar-refractivity contribution in [1.29, 1.82) is 0 Å². The van der Waals surface area contributed by atoms with E-state index in [1.54, 1.807) is 30.5 Å². The summed E-state index contributed by atoms with van der Waals surface area (Å²) < 4.78 is 1.52. The standard InChI is InChI=1S/C15H11Cl2N3O2S/c1-2-23-14-12(15(21)22)13-18-4-3-11(20(13)19-14)8-5-9(16)7-10(17)6-8/h3-7H,2H2,1H3,(H,21,22). The first-order chi connectivity index (χ1) is 11.0. The second kappa shape index (κ2) is 6.39. The van der Waals surface area contributed by atoms with E-state index in [1.807, 2.05) is 6.92 Å². The van der Waals surface area contributed by atoms with E-state index < -0.39 is 5.97 Å². The van der Waals surface area contributed by atoms with Crippen LogP contribution in [0.15, 0.2) is 35.5 Å². The topological polar surface area (TPSA) is 67.5 Å². The Morgan fingerprint density at radius 2 is 2.00 bits per heavy atom. The van der Waals surface area contributed by atoms with Gasteiger partial charge in [-0.15, -0.1) is 11.8 Å². The molecule has 0 aliphatic rings. The Hall–Kier alpha value is -1.76. The number of aromatic nitrogens is 3. The van der Waals surface area contributed by atoms with E-state index >= 15 is 0 Å². The van der Waals surface area contributed by atoms with E-state index in [0.29, 0.717) is 32.2 Å². The number of carbonyl (C=O) groups is 1. The van der Waals surface area contributed by atoms with Crippen molar-refractivity contribution < 1.29 is 9.90 Å². The molecule has 1 aromatic carbocycles. The third-order valence-electron chi connectivity index (χ3n) is 3.14. The van der Waals surface area contributed by atoms with Gasteiger partial charge < -0.3 is 5.11 Å². The van der Waals surface area contributed by atoms with Gasteiger partial charge in [-0.3, -0.25) is 0 Å². The lowest BCUT2D eigenvalue weighted by atomic mass is 10.1. The normalized spacial score (nSPS) is 11.1. The van der Waals surface area contributed by atoms with Gasteiger partial charge >= 0.3 is 5.97 Å². The van der Waals surface area contributed by atoms with Gasteiger partial charge in [-0.1, -0.05) is 30.1 Å². The average molecular weight is 368 g/mol. The van der Waals surface area contributed by atoms with E-state index in [1.165, 1.54) is 16.3 Å². The highest BCUT2D eigenvalue weighted by Gasteiger charge is 2.22. The molecule has 0 radical (unpaired) electrons. The van der Waals surface area contributed by atoms with Gasteiger partial charge in [-0.25, -0.2) is 14.3 Å². The number of halogens is 2. The fraction of sp³-hybridized carbons (Fsp3) is 0.133. The summed E-state index contributed by atoms with van der Waals surface area (Å²) in [7, 11) is 0. The number of benzene rings is 1. The highest BCUT2D eigenvalue weighted by Crippen LogP contribution is 2.30. The Balaban J connectivity index is 2.30. The van der Waals surface area contributed by atoms with Crippen LogP contribution in [0.1, 0.15) is 17.3 Å². The number of nitrogens with zero attached hydrogens (tertiary/aromatic N) is 3. The molecule has 2 heterocycles. The largest absolute Gasteiger partial charge is 0.477 e. The average Bonchev–Trinajstić information content (AvgIpc) is 2.84. The smallest absolute Gasteiger partial charge is 0.342 e. The second-order valence-electron chi connectivity index (χ2n) is 4.64. The second-order valence-corrected chi connectivity index (χ2v) is 6.77. The minimum atomic E-state index is -1.05. The maximum absolute atomic E-state index is 11.6. The van der Waals surface area contributed by atoms with Crippen molar-refractivity contribution in [3.8, 4) is 11.3 Å². The molecule has 0 aliphatic carbocycles. The van der Waals surface area contributed by atoms with Gasteiger partial charge in [0, 0.05) is 21.8 Å². The highest BCUT2D eigenvalue weighted by molar-refractivity contribution is 7.99. The van der Waals surface area contributed by atoms with Crippen LogP contribution in [0.5, 0.6) is 0 Å². The van der Waals surface area contributed by atoms with E-state index in [9.17, 15) is 9.90 Å². The van der Waals surface area contributed by atoms with Gasteiger partial charge in [-0.2, -0.15) is 5.10 Å². The van der Waals surface area contributed by atoms with Crippen molar-refractivity contribution in [2.45, 2.75) is 11.9 Å². The molecular formula is C15H11Cl2N3O2S. The van der Waals surface area contributed by atoms with Crippen LogP contribution in [0.3, 0.4) is 0 Å². The Labute approximate surface area is 146 Å². The molecule has 0 saturated heterocycles. The molecule has 0 atom stereocenters. The molecule has 0 saturated carbocycles. The van der Waals surface area contributed by atoms with Crippen LogP contribution in [0, 0.1) is 0 Å². The molecule has 8 heteroatoms. The molecule has 3 aromatic rings. The van der Waals surface area contributed by atoms with Crippen LogP contribution >= 0.6 is 35.0 Å². The number of carboxylic acids is 1. The minimum Gasteiger partial charge on any atom is -0.477 e. The Morgan fingerprint density at radius 3 is 2.61 bits per heavy atom. The lowest BCUT2D eigenvalue weighted by Gasteiger charge is -2.06. The first kappa shape index (κ1) is 16.1. The van der Waals surface area contributed by atoms with Crippen LogP contribution in [0.25, 0.3) is 16.9 Å². The van der Waals surface area contributed by atoms with Gasteiger partial charge in [0.25, 0.3) is 0 Å². The summed E-state index contributed by atoms with van der Waals surface area (Å²) in [5.74, 6) is -0.340. The van der Waals surface area contributed by atoms with Gasteiger partial charge in [0.1, 0.15) is 10.6 Å². The first-order valence-corrected chi connectivity index (χ1v) is 8.45. The van der Waals surface area contributed by atoms with Gasteiger partial charge in [0.2, 0.25) is 0 Å². The summed E-state index contributed by atoms with van der Waals surface area (Å²) >= 11 is 13.5. The predicted molar refractivity (Wildman–Crippen MR) is 91.8 cm³/mol. The Kier molecular flexibility index (Phi) is 4.48. The Morgan fingerprint density at radius 1 is 1.30 bits per heavy atom. The zero-order valence-corrected chi connectivity index (χ0v) is 14.3.